The van der Waals surface area contributed by atoms with Crippen LogP contribution in [0.3, 0.4) is 0 Å². The normalized spacial score (nSPS) is 18.2. The average Bonchev–Trinajstić information content (AvgIpc) is 2.96. The fraction of sp³-hybridized carbons (Fsp3) is 0.316. The first-order valence-electron chi connectivity index (χ1n) is 8.21. The molecule has 1 atom stereocenters. The third-order valence-corrected chi connectivity index (χ3v) is 4.87. The van der Waals surface area contributed by atoms with Gasteiger partial charge in [0.15, 0.2) is 0 Å². The fourth-order valence-electron chi connectivity index (χ4n) is 3.55. The summed E-state index contributed by atoms with van der Waals surface area (Å²) in [6.45, 7) is 3.23. The molecule has 5 heteroatoms. The summed E-state index contributed by atoms with van der Waals surface area (Å²) in [7, 11) is 2.06. The van der Waals surface area contributed by atoms with Crippen molar-refractivity contribution in [2.45, 2.75) is 6.04 Å². The van der Waals surface area contributed by atoms with Crippen LogP contribution in [0.25, 0.3) is 21.9 Å². The molecule has 4 rings (SSSR count). The molecule has 0 aliphatic carbocycles. The molecule has 1 aliphatic heterocycles. The molecular weight excluding hydrogens is 304 g/mol. The maximum absolute atomic E-state index is 12.0. The molecule has 1 aromatic heterocycles. The number of aliphatic carboxylic acids is 1. The quantitative estimate of drug-likeness (QED) is 0.803. The monoisotopic (exact) mass is 324 g/mol. The maximum Gasteiger partial charge on any atom is 0.325 e. The number of rotatable bonds is 3. The van der Waals surface area contributed by atoms with Gasteiger partial charge in [-0.2, -0.15) is 0 Å². The highest BCUT2D eigenvalue weighted by atomic mass is 16.4. The number of hydrogen-bond donors (Lipinski definition) is 1. The van der Waals surface area contributed by atoms with Crippen LogP contribution in [0.15, 0.2) is 46.9 Å². The third kappa shape index (κ3) is 2.46. The number of hydrogen-bond acceptors (Lipinski definition) is 4. The zero-order valence-corrected chi connectivity index (χ0v) is 13.6. The second kappa shape index (κ2) is 5.92. The lowest BCUT2D eigenvalue weighted by molar-refractivity contribution is -0.144. The topological polar surface area (TPSA) is 56.9 Å². The number of benzene rings is 2. The number of carboxylic acids is 1. The van der Waals surface area contributed by atoms with E-state index in [0.29, 0.717) is 5.58 Å². The Bertz CT molecular complexity index is 894. The smallest absolute Gasteiger partial charge is 0.325 e. The van der Waals surface area contributed by atoms with Crippen LogP contribution in [-0.4, -0.2) is 54.1 Å². The van der Waals surface area contributed by atoms with E-state index in [1.54, 1.807) is 0 Å². The first-order chi connectivity index (χ1) is 11.6. The maximum atomic E-state index is 12.0. The van der Waals surface area contributed by atoms with Crippen LogP contribution in [0, 0.1) is 0 Å². The number of furan rings is 1. The van der Waals surface area contributed by atoms with Gasteiger partial charge in [-0.05, 0) is 13.1 Å². The molecular formula is C19H20N2O3. The summed E-state index contributed by atoms with van der Waals surface area (Å²) in [5.41, 5.74) is 2.22. The minimum atomic E-state index is -0.826. The summed E-state index contributed by atoms with van der Waals surface area (Å²) in [4.78, 5) is 16.3. The Balaban J connectivity index is 1.85. The Hall–Kier alpha value is -2.37. The predicted octanol–water partition coefficient (Wildman–Crippen LogP) is 2.96. The Labute approximate surface area is 140 Å². The zero-order valence-electron chi connectivity index (χ0n) is 13.6. The lowest BCUT2D eigenvalue weighted by Crippen LogP contribution is -2.47. The Morgan fingerprint density at radius 2 is 1.75 bits per heavy atom. The van der Waals surface area contributed by atoms with E-state index < -0.39 is 12.0 Å². The van der Waals surface area contributed by atoms with Gasteiger partial charge in [-0.25, -0.2) is 0 Å². The van der Waals surface area contributed by atoms with E-state index in [4.69, 9.17) is 4.42 Å². The van der Waals surface area contributed by atoms with Gasteiger partial charge < -0.3 is 14.4 Å². The number of piperazine rings is 1. The van der Waals surface area contributed by atoms with Gasteiger partial charge in [0.05, 0.1) is 0 Å². The van der Waals surface area contributed by atoms with Crippen molar-refractivity contribution in [2.24, 2.45) is 0 Å². The van der Waals surface area contributed by atoms with E-state index in [1.807, 2.05) is 47.4 Å². The molecule has 3 aromatic rings. The zero-order chi connectivity index (χ0) is 16.7. The summed E-state index contributed by atoms with van der Waals surface area (Å²) in [6.07, 6.45) is 0. The number of nitrogens with zero attached hydrogens (tertiary/aromatic N) is 2. The van der Waals surface area contributed by atoms with Gasteiger partial charge in [0.1, 0.15) is 17.2 Å². The standard InChI is InChI=1S/C19H20N2O3/c1-20-9-11-21(12-10-20)17(19(22)23)15-7-4-6-14-13-5-2-3-8-16(13)24-18(14)15/h2-8,17H,9-12H2,1H3,(H,22,23). The van der Waals surface area contributed by atoms with Crippen LogP contribution in [-0.2, 0) is 4.79 Å². The molecule has 1 unspecified atom stereocenters. The molecule has 0 radical (unpaired) electrons. The molecule has 1 fully saturated rings. The fourth-order valence-corrected chi connectivity index (χ4v) is 3.55. The van der Waals surface area contributed by atoms with E-state index in [2.05, 4.69) is 11.9 Å². The van der Waals surface area contributed by atoms with Crippen molar-refractivity contribution in [3.63, 3.8) is 0 Å². The SMILES string of the molecule is CN1CCN(C(C(=O)O)c2cccc3c2oc2ccccc23)CC1. The van der Waals surface area contributed by atoms with E-state index in [0.717, 1.165) is 48.1 Å². The van der Waals surface area contributed by atoms with Crippen molar-refractivity contribution < 1.29 is 14.3 Å². The molecule has 124 valence electrons. The highest BCUT2D eigenvalue weighted by molar-refractivity contribution is 6.06. The summed E-state index contributed by atoms with van der Waals surface area (Å²) < 4.78 is 6.03. The highest BCUT2D eigenvalue weighted by Gasteiger charge is 2.32. The van der Waals surface area contributed by atoms with Gasteiger partial charge in [-0.1, -0.05) is 36.4 Å². The van der Waals surface area contributed by atoms with Crippen molar-refractivity contribution in [3.05, 3.63) is 48.0 Å². The van der Waals surface area contributed by atoms with Crippen LogP contribution < -0.4 is 0 Å². The molecule has 1 saturated heterocycles. The van der Waals surface area contributed by atoms with E-state index in [-0.39, 0.29) is 0 Å². The van der Waals surface area contributed by atoms with Gasteiger partial charge in [0.25, 0.3) is 0 Å². The van der Waals surface area contributed by atoms with Crippen molar-refractivity contribution in [1.82, 2.24) is 9.80 Å². The third-order valence-electron chi connectivity index (χ3n) is 4.87. The molecule has 24 heavy (non-hydrogen) atoms. The molecule has 1 aliphatic rings. The van der Waals surface area contributed by atoms with E-state index >= 15 is 0 Å². The van der Waals surface area contributed by atoms with E-state index in [9.17, 15) is 9.90 Å². The minimum Gasteiger partial charge on any atom is -0.480 e. The van der Waals surface area contributed by atoms with Crippen molar-refractivity contribution in [3.8, 4) is 0 Å². The highest BCUT2D eigenvalue weighted by Crippen LogP contribution is 2.35. The summed E-state index contributed by atoms with van der Waals surface area (Å²) in [5, 5.41) is 11.9. The number of carboxylic acid groups (broad SMARTS) is 1. The molecule has 0 spiro atoms. The van der Waals surface area contributed by atoms with Crippen LogP contribution in [0.4, 0.5) is 0 Å². The van der Waals surface area contributed by atoms with Gasteiger partial charge in [0, 0.05) is 42.5 Å². The van der Waals surface area contributed by atoms with Gasteiger partial charge >= 0.3 is 5.97 Å². The van der Waals surface area contributed by atoms with E-state index in [1.165, 1.54) is 0 Å². The van der Waals surface area contributed by atoms with Crippen LogP contribution in [0.5, 0.6) is 0 Å². The lowest BCUT2D eigenvalue weighted by atomic mass is 10.0. The van der Waals surface area contributed by atoms with Crippen molar-refractivity contribution >= 4 is 27.9 Å². The van der Waals surface area contributed by atoms with Crippen LogP contribution >= 0.6 is 0 Å². The van der Waals surface area contributed by atoms with Crippen molar-refractivity contribution in [1.29, 1.82) is 0 Å². The first-order valence-corrected chi connectivity index (χ1v) is 8.21. The molecule has 2 aromatic carbocycles. The molecule has 0 saturated carbocycles. The molecule has 0 bridgehead atoms. The number of para-hydroxylation sites is 2. The van der Waals surface area contributed by atoms with Crippen LogP contribution in [0.1, 0.15) is 11.6 Å². The predicted molar refractivity (Wildman–Crippen MR) is 93.2 cm³/mol. The molecule has 0 amide bonds. The minimum absolute atomic E-state index is 0.678. The van der Waals surface area contributed by atoms with Gasteiger partial charge in [-0.3, -0.25) is 9.69 Å². The summed E-state index contributed by atoms with van der Waals surface area (Å²) in [6, 6.07) is 12.9. The number of carbonyl (C=O) groups is 1. The Morgan fingerprint density at radius 3 is 2.50 bits per heavy atom. The Kier molecular flexibility index (Phi) is 3.75. The van der Waals surface area contributed by atoms with Crippen molar-refractivity contribution in [2.75, 3.05) is 33.2 Å². The second-order valence-electron chi connectivity index (χ2n) is 6.40. The second-order valence-corrected chi connectivity index (χ2v) is 6.40. The molecule has 5 nitrogen and oxygen atoms in total. The summed E-state index contributed by atoms with van der Waals surface area (Å²) >= 11 is 0. The van der Waals surface area contributed by atoms with Gasteiger partial charge in [0.2, 0.25) is 0 Å². The molecule has 1 N–H and O–H groups in total. The van der Waals surface area contributed by atoms with Gasteiger partial charge in [-0.15, -0.1) is 0 Å². The Morgan fingerprint density at radius 1 is 1.04 bits per heavy atom. The lowest BCUT2D eigenvalue weighted by Gasteiger charge is -2.36. The number of likely N-dealkylation sites (N-methyl/N-ethyl adjacent to an activating group) is 1. The largest absolute Gasteiger partial charge is 0.480 e. The molecule has 2 heterocycles. The summed E-state index contributed by atoms with van der Waals surface area (Å²) in [5.74, 6) is -0.826. The first kappa shape index (κ1) is 15.2. The number of fused-ring (bicyclic) bond motifs is 3. The average molecular weight is 324 g/mol. The van der Waals surface area contributed by atoms with Crippen LogP contribution in [0.2, 0.25) is 0 Å².